The summed E-state index contributed by atoms with van der Waals surface area (Å²) in [5.41, 5.74) is 1.07. The lowest BCUT2D eigenvalue weighted by molar-refractivity contribution is -0.920. The van der Waals surface area contributed by atoms with Crippen molar-refractivity contribution < 1.29 is 14.0 Å². The highest BCUT2D eigenvalue weighted by molar-refractivity contribution is 8.93. The normalized spacial score (nSPS) is 12.5. The predicted octanol–water partition coefficient (Wildman–Crippen LogP) is 8.00. The van der Waals surface area contributed by atoms with E-state index in [0.717, 1.165) is 18.4 Å². The molecule has 0 aromatic heterocycles. The number of esters is 1. The number of hydrogen-bond acceptors (Lipinski definition) is 2. The van der Waals surface area contributed by atoms with Crippen molar-refractivity contribution in [1.29, 1.82) is 0 Å². The van der Waals surface area contributed by atoms with Crippen molar-refractivity contribution in [3.8, 4) is 0 Å². The van der Waals surface area contributed by atoms with Crippen LogP contribution in [0.2, 0.25) is 10.0 Å². The Kier molecular flexibility index (Phi) is 15.4. The number of quaternary nitrogens is 1. The molecule has 0 spiro atoms. The summed E-state index contributed by atoms with van der Waals surface area (Å²) >= 11 is 12.2. The standard InChI is InChI=1S/C24H40Cl2NO2.BrH/c1-6-7-8-9-10-11-12-13-14-23(24(28)29-19(2)3)27(4,5)18-20-15-16-21(25)22(26)17-20;/h15-17,19,23H,6-14,18H2,1-5H3;1H/q+1;. The molecule has 0 fully saturated rings. The topological polar surface area (TPSA) is 26.3 Å². The van der Waals surface area contributed by atoms with Crippen LogP contribution in [0.25, 0.3) is 0 Å². The summed E-state index contributed by atoms with van der Waals surface area (Å²) in [4.78, 5) is 12.9. The number of halogens is 3. The quantitative estimate of drug-likeness (QED) is 0.140. The molecule has 1 unspecified atom stereocenters. The molecule has 0 amide bonds. The first-order valence-corrected chi connectivity index (χ1v) is 11.9. The fraction of sp³-hybridized carbons (Fsp3) is 0.708. The van der Waals surface area contributed by atoms with Gasteiger partial charge in [0.05, 0.1) is 30.2 Å². The highest BCUT2D eigenvalue weighted by Gasteiger charge is 2.36. The van der Waals surface area contributed by atoms with E-state index in [4.69, 9.17) is 27.9 Å². The van der Waals surface area contributed by atoms with Crippen LogP contribution in [0.5, 0.6) is 0 Å². The van der Waals surface area contributed by atoms with Crippen LogP contribution in [0.3, 0.4) is 0 Å². The lowest BCUT2D eigenvalue weighted by Gasteiger charge is -2.37. The second kappa shape index (κ2) is 15.5. The first-order chi connectivity index (χ1) is 13.7. The van der Waals surface area contributed by atoms with Crippen LogP contribution in [0.15, 0.2) is 18.2 Å². The van der Waals surface area contributed by atoms with E-state index < -0.39 is 0 Å². The summed E-state index contributed by atoms with van der Waals surface area (Å²) < 4.78 is 6.14. The number of ether oxygens (including phenoxy) is 1. The summed E-state index contributed by atoms with van der Waals surface area (Å²) in [6.45, 7) is 6.76. The average Bonchev–Trinajstić information content (AvgIpc) is 2.62. The monoisotopic (exact) mass is 524 g/mol. The lowest BCUT2D eigenvalue weighted by atomic mass is 10.0. The van der Waals surface area contributed by atoms with Crippen molar-refractivity contribution in [3.63, 3.8) is 0 Å². The molecule has 1 atom stereocenters. The highest BCUT2D eigenvalue weighted by atomic mass is 79.9. The van der Waals surface area contributed by atoms with Gasteiger partial charge in [0.1, 0.15) is 6.54 Å². The van der Waals surface area contributed by atoms with Crippen LogP contribution in [-0.4, -0.2) is 36.7 Å². The molecular formula is C24H41BrCl2NO2+. The molecule has 0 saturated carbocycles. The largest absolute Gasteiger partial charge is 0.459 e. The molecule has 0 saturated heterocycles. The molecular weight excluding hydrogens is 485 g/mol. The maximum Gasteiger partial charge on any atom is 0.365 e. The predicted molar refractivity (Wildman–Crippen MR) is 135 cm³/mol. The average molecular weight is 526 g/mol. The van der Waals surface area contributed by atoms with E-state index in [1.165, 1.54) is 44.9 Å². The van der Waals surface area contributed by atoms with Crippen LogP contribution >= 0.6 is 40.2 Å². The number of carbonyl (C=O) groups is 1. The Morgan fingerprint density at radius 3 is 2.07 bits per heavy atom. The second-order valence-corrected chi connectivity index (χ2v) is 9.76. The summed E-state index contributed by atoms with van der Waals surface area (Å²) in [6.07, 6.45) is 10.8. The summed E-state index contributed by atoms with van der Waals surface area (Å²) in [5.74, 6) is -0.104. The molecule has 0 bridgehead atoms. The van der Waals surface area contributed by atoms with Crippen LogP contribution in [0.4, 0.5) is 0 Å². The second-order valence-electron chi connectivity index (χ2n) is 8.95. The fourth-order valence-electron chi connectivity index (χ4n) is 3.75. The molecule has 1 rings (SSSR count). The molecule has 30 heavy (non-hydrogen) atoms. The van der Waals surface area contributed by atoms with Gasteiger partial charge in [-0.2, -0.15) is 0 Å². The smallest absolute Gasteiger partial charge is 0.365 e. The van der Waals surface area contributed by atoms with Crippen molar-refractivity contribution in [3.05, 3.63) is 33.8 Å². The van der Waals surface area contributed by atoms with Gasteiger partial charge in [-0.25, -0.2) is 4.79 Å². The Balaban J connectivity index is 0.00000841. The van der Waals surface area contributed by atoms with E-state index in [9.17, 15) is 4.79 Å². The number of carbonyl (C=O) groups excluding carboxylic acids is 1. The minimum absolute atomic E-state index is 0. The molecule has 0 radical (unpaired) electrons. The van der Waals surface area contributed by atoms with Crippen LogP contribution in [-0.2, 0) is 16.1 Å². The van der Waals surface area contributed by atoms with Gasteiger partial charge in [0, 0.05) is 12.0 Å². The maximum atomic E-state index is 12.9. The Labute approximate surface area is 204 Å². The molecule has 0 heterocycles. The van der Waals surface area contributed by atoms with Crippen LogP contribution < -0.4 is 0 Å². The number of unbranched alkanes of at least 4 members (excludes halogenated alkanes) is 7. The van der Waals surface area contributed by atoms with E-state index in [0.29, 0.717) is 21.1 Å². The minimum atomic E-state index is -0.188. The van der Waals surface area contributed by atoms with Gasteiger partial charge < -0.3 is 9.22 Å². The number of rotatable bonds is 14. The van der Waals surface area contributed by atoms with E-state index >= 15 is 0 Å². The number of nitrogens with zero attached hydrogens (tertiary/aromatic N) is 1. The van der Waals surface area contributed by atoms with Gasteiger partial charge in [0.15, 0.2) is 6.04 Å². The molecule has 6 heteroatoms. The molecule has 3 nitrogen and oxygen atoms in total. The van der Waals surface area contributed by atoms with Crippen molar-refractivity contribution in [2.24, 2.45) is 0 Å². The van der Waals surface area contributed by atoms with Crippen molar-refractivity contribution in [2.45, 2.75) is 97.2 Å². The fourth-order valence-corrected chi connectivity index (χ4v) is 4.07. The molecule has 1 aromatic rings. The SMILES string of the molecule is Br.CCCCCCCCCCC(C(=O)OC(C)C)[N+](C)(C)Cc1ccc(Cl)c(Cl)c1. The minimum Gasteiger partial charge on any atom is -0.459 e. The highest BCUT2D eigenvalue weighted by Crippen LogP contribution is 2.26. The van der Waals surface area contributed by atoms with Gasteiger partial charge in [-0.15, -0.1) is 17.0 Å². The van der Waals surface area contributed by atoms with Gasteiger partial charge in [-0.3, -0.25) is 0 Å². The van der Waals surface area contributed by atoms with E-state index in [-0.39, 0.29) is 35.1 Å². The number of benzene rings is 1. The zero-order valence-electron chi connectivity index (χ0n) is 19.4. The molecule has 0 N–H and O–H groups in total. The number of hydrogen-bond donors (Lipinski definition) is 0. The first kappa shape index (κ1) is 29.7. The van der Waals surface area contributed by atoms with Crippen molar-refractivity contribution in [2.75, 3.05) is 14.1 Å². The third-order valence-electron chi connectivity index (χ3n) is 5.37. The van der Waals surface area contributed by atoms with Crippen molar-refractivity contribution in [1.82, 2.24) is 0 Å². The van der Waals surface area contributed by atoms with E-state index in [1.54, 1.807) is 0 Å². The molecule has 174 valence electrons. The van der Waals surface area contributed by atoms with Gasteiger partial charge in [0.2, 0.25) is 0 Å². The van der Waals surface area contributed by atoms with Crippen LogP contribution in [0.1, 0.15) is 84.1 Å². The van der Waals surface area contributed by atoms with Crippen LogP contribution in [0, 0.1) is 0 Å². The van der Waals surface area contributed by atoms with E-state index in [2.05, 4.69) is 21.0 Å². The Hall–Kier alpha value is -0.290. The first-order valence-electron chi connectivity index (χ1n) is 11.1. The zero-order chi connectivity index (χ0) is 21.9. The molecule has 0 aliphatic rings. The van der Waals surface area contributed by atoms with E-state index in [1.807, 2.05) is 32.0 Å². The lowest BCUT2D eigenvalue weighted by Crippen LogP contribution is -2.53. The third-order valence-corrected chi connectivity index (χ3v) is 6.11. The molecule has 1 aromatic carbocycles. The van der Waals surface area contributed by atoms with Gasteiger partial charge >= 0.3 is 5.97 Å². The van der Waals surface area contributed by atoms with Crippen molar-refractivity contribution >= 4 is 46.2 Å². The molecule has 0 aliphatic heterocycles. The number of likely N-dealkylation sites (N-methyl/N-ethyl adjacent to an activating group) is 1. The van der Waals surface area contributed by atoms with Gasteiger partial charge in [-0.05, 0) is 32.4 Å². The van der Waals surface area contributed by atoms with Gasteiger partial charge in [0.25, 0.3) is 0 Å². The Morgan fingerprint density at radius 1 is 0.967 bits per heavy atom. The Morgan fingerprint density at radius 2 is 1.53 bits per heavy atom. The zero-order valence-corrected chi connectivity index (χ0v) is 22.6. The summed E-state index contributed by atoms with van der Waals surface area (Å²) in [5, 5.41) is 1.10. The summed E-state index contributed by atoms with van der Waals surface area (Å²) in [7, 11) is 4.19. The Bertz CT molecular complexity index is 623. The van der Waals surface area contributed by atoms with Gasteiger partial charge in [-0.1, -0.05) is 81.1 Å². The third kappa shape index (κ3) is 11.4. The summed E-state index contributed by atoms with van der Waals surface area (Å²) in [6, 6.07) is 5.51. The maximum absolute atomic E-state index is 12.9. The molecule has 0 aliphatic carbocycles.